The van der Waals surface area contributed by atoms with Gasteiger partial charge in [0.15, 0.2) is 0 Å². The molecule has 0 aliphatic rings. The van der Waals surface area contributed by atoms with E-state index < -0.39 is 0 Å². The molecule has 10 heavy (non-hydrogen) atoms. The average molecular weight is 177 g/mol. The predicted octanol–water partition coefficient (Wildman–Crippen LogP) is 1.65. The standard InChI is InChI=1S/C7H13O2.Ti/c1-2-3-4-5-6-9-7-8;/h2-6H2,1H3;/q-1;. The molecule has 0 unspecified atom stereocenters. The number of ether oxygens (including phenoxy) is 1. The number of hydrogen-bond acceptors (Lipinski definition) is 2. The van der Waals surface area contributed by atoms with E-state index in [2.05, 4.69) is 11.7 Å². The Labute approximate surface area is 77.2 Å². The molecule has 0 saturated carbocycles. The molecule has 0 radical (unpaired) electrons. The Morgan fingerprint density at radius 3 is 2.50 bits per heavy atom. The Bertz CT molecular complexity index is 66.6. The summed E-state index contributed by atoms with van der Waals surface area (Å²) in [7, 11) is 0. The van der Waals surface area contributed by atoms with Crippen LogP contribution in [0.25, 0.3) is 0 Å². The first-order chi connectivity index (χ1) is 4.41. The van der Waals surface area contributed by atoms with E-state index in [0.29, 0.717) is 6.61 Å². The normalized spacial score (nSPS) is 8.10. The molecule has 0 amide bonds. The fourth-order valence-corrected chi connectivity index (χ4v) is 0.643. The Kier molecular flexibility index (Phi) is 15.3. The van der Waals surface area contributed by atoms with Gasteiger partial charge in [-0.25, -0.2) is 0 Å². The minimum absolute atomic E-state index is 0. The summed E-state index contributed by atoms with van der Waals surface area (Å²) in [6.45, 7) is 4.07. The maximum atomic E-state index is 9.49. The summed E-state index contributed by atoms with van der Waals surface area (Å²) in [6.07, 6.45) is 4.56. The van der Waals surface area contributed by atoms with Crippen molar-refractivity contribution in [1.82, 2.24) is 0 Å². The van der Waals surface area contributed by atoms with E-state index in [-0.39, 0.29) is 21.7 Å². The van der Waals surface area contributed by atoms with Crippen molar-refractivity contribution in [2.75, 3.05) is 6.61 Å². The second-order valence-corrected chi connectivity index (χ2v) is 1.99. The van der Waals surface area contributed by atoms with Crippen LogP contribution in [0.4, 0.5) is 0 Å². The first-order valence-corrected chi connectivity index (χ1v) is 3.40. The summed E-state index contributed by atoms with van der Waals surface area (Å²) in [5.41, 5.74) is 0. The molecule has 2 nitrogen and oxygen atoms in total. The van der Waals surface area contributed by atoms with Gasteiger partial charge < -0.3 is 9.53 Å². The molecular weight excluding hydrogens is 164 g/mol. The average Bonchev–Trinajstić information content (AvgIpc) is 1.89. The van der Waals surface area contributed by atoms with Crippen LogP contribution in [0.15, 0.2) is 0 Å². The van der Waals surface area contributed by atoms with Crippen molar-refractivity contribution < 1.29 is 31.2 Å². The van der Waals surface area contributed by atoms with Gasteiger partial charge in [0.25, 0.3) is 0 Å². The van der Waals surface area contributed by atoms with Crippen molar-refractivity contribution in [3.05, 3.63) is 0 Å². The predicted molar refractivity (Wildman–Crippen MR) is 35.8 cm³/mol. The molecule has 0 aromatic heterocycles. The Morgan fingerprint density at radius 1 is 1.30 bits per heavy atom. The zero-order valence-electron chi connectivity index (χ0n) is 6.35. The zero-order valence-corrected chi connectivity index (χ0v) is 7.91. The van der Waals surface area contributed by atoms with E-state index in [9.17, 15) is 4.79 Å². The van der Waals surface area contributed by atoms with Crippen LogP contribution in [0.3, 0.4) is 0 Å². The quantitative estimate of drug-likeness (QED) is 0.350. The third-order valence-electron chi connectivity index (χ3n) is 1.16. The van der Waals surface area contributed by atoms with Gasteiger partial charge in [0.2, 0.25) is 0 Å². The van der Waals surface area contributed by atoms with Gasteiger partial charge in [0.05, 0.1) is 0 Å². The first-order valence-electron chi connectivity index (χ1n) is 3.40. The summed E-state index contributed by atoms with van der Waals surface area (Å²) in [4.78, 5) is 9.49. The summed E-state index contributed by atoms with van der Waals surface area (Å²) in [6, 6.07) is 0. The van der Waals surface area contributed by atoms with E-state index in [0.717, 1.165) is 12.8 Å². The molecule has 0 saturated heterocycles. The monoisotopic (exact) mass is 177 g/mol. The van der Waals surface area contributed by atoms with Crippen LogP contribution >= 0.6 is 0 Å². The van der Waals surface area contributed by atoms with Crippen LogP contribution < -0.4 is 0 Å². The molecule has 0 fully saturated rings. The molecule has 0 aromatic rings. The second-order valence-electron chi connectivity index (χ2n) is 1.99. The molecule has 0 N–H and O–H groups in total. The summed E-state index contributed by atoms with van der Waals surface area (Å²) in [5.74, 6) is 0. The molecule has 0 bridgehead atoms. The Morgan fingerprint density at radius 2 is 2.00 bits per heavy atom. The van der Waals surface area contributed by atoms with Crippen molar-refractivity contribution in [3.8, 4) is 0 Å². The molecule has 58 valence electrons. The molecule has 0 rings (SSSR count). The molecule has 0 spiro atoms. The number of unbranched alkanes of at least 4 members (excludes halogenated alkanes) is 3. The van der Waals surface area contributed by atoms with E-state index in [4.69, 9.17) is 0 Å². The van der Waals surface area contributed by atoms with E-state index in [1.54, 1.807) is 0 Å². The Balaban J connectivity index is 0. The van der Waals surface area contributed by atoms with Crippen molar-refractivity contribution in [3.63, 3.8) is 0 Å². The van der Waals surface area contributed by atoms with Gasteiger partial charge in [-0.1, -0.05) is 32.7 Å². The summed E-state index contributed by atoms with van der Waals surface area (Å²) >= 11 is 0. The van der Waals surface area contributed by atoms with Gasteiger partial charge in [-0.2, -0.15) is 0 Å². The third-order valence-corrected chi connectivity index (χ3v) is 1.16. The van der Waals surface area contributed by atoms with E-state index >= 15 is 0 Å². The number of hydrogen-bond donors (Lipinski definition) is 0. The number of rotatable bonds is 6. The van der Waals surface area contributed by atoms with Crippen LogP contribution in [-0.2, 0) is 31.2 Å². The van der Waals surface area contributed by atoms with Crippen molar-refractivity contribution in [1.29, 1.82) is 0 Å². The number of carbonyl (C=O) groups excluding carboxylic acids is 1. The smallest absolute Gasteiger partial charge is 0.0480 e. The first kappa shape index (κ1) is 12.8. The summed E-state index contributed by atoms with van der Waals surface area (Å²) < 4.78 is 4.37. The molecule has 0 aromatic carbocycles. The van der Waals surface area contributed by atoms with E-state index in [1.165, 1.54) is 19.3 Å². The van der Waals surface area contributed by atoms with Crippen LogP contribution in [0, 0.1) is 0 Å². The molecule has 0 heterocycles. The SMILES string of the molecule is CCCCCCO[C-]=O.[Ti]. The van der Waals surface area contributed by atoms with Gasteiger partial charge in [0.1, 0.15) is 0 Å². The molecule has 0 aliphatic carbocycles. The minimum Gasteiger partial charge on any atom is -0.653 e. The third kappa shape index (κ3) is 11.0. The van der Waals surface area contributed by atoms with E-state index in [1.807, 2.05) is 0 Å². The van der Waals surface area contributed by atoms with Gasteiger partial charge in [-0.15, -0.1) is 0 Å². The van der Waals surface area contributed by atoms with Crippen molar-refractivity contribution >= 4 is 6.47 Å². The fourth-order valence-electron chi connectivity index (χ4n) is 0.643. The van der Waals surface area contributed by atoms with Gasteiger partial charge in [0, 0.05) is 28.3 Å². The topological polar surface area (TPSA) is 26.3 Å². The van der Waals surface area contributed by atoms with Crippen molar-refractivity contribution in [2.24, 2.45) is 0 Å². The molecule has 0 aliphatic heterocycles. The minimum atomic E-state index is 0. The summed E-state index contributed by atoms with van der Waals surface area (Å²) in [5, 5.41) is 0. The fraction of sp³-hybridized carbons (Fsp3) is 0.857. The van der Waals surface area contributed by atoms with Gasteiger partial charge in [-0.3, -0.25) is 0 Å². The van der Waals surface area contributed by atoms with Crippen LogP contribution in [0.1, 0.15) is 32.6 Å². The Hall–Kier alpha value is 0.184. The largest absolute Gasteiger partial charge is 0.653 e. The van der Waals surface area contributed by atoms with Crippen LogP contribution in [0.2, 0.25) is 0 Å². The van der Waals surface area contributed by atoms with Crippen molar-refractivity contribution in [2.45, 2.75) is 32.6 Å². The molecule has 3 heteroatoms. The maximum Gasteiger partial charge on any atom is 0.0480 e. The molecule has 0 atom stereocenters. The van der Waals surface area contributed by atoms with Crippen LogP contribution in [0.5, 0.6) is 0 Å². The van der Waals surface area contributed by atoms with Gasteiger partial charge in [-0.05, 0) is 6.42 Å². The maximum absolute atomic E-state index is 9.49. The molecular formula is C7H13O2Ti-. The van der Waals surface area contributed by atoms with Gasteiger partial charge >= 0.3 is 0 Å². The zero-order chi connectivity index (χ0) is 6.95. The second kappa shape index (κ2) is 11.9. The van der Waals surface area contributed by atoms with Crippen LogP contribution in [-0.4, -0.2) is 13.1 Å².